The number of imidazole rings is 1. The topological polar surface area (TPSA) is 50.9 Å². The van der Waals surface area contributed by atoms with Crippen LogP contribution in [0, 0.1) is 13.8 Å². The molecule has 0 fully saturated rings. The Morgan fingerprint density at radius 2 is 1.33 bits per heavy atom. The predicted molar refractivity (Wildman–Crippen MR) is 216 cm³/mol. The second-order valence-corrected chi connectivity index (χ2v) is 14.4. The molecule has 8 aromatic rings. The molecule has 0 saturated carbocycles. The molecule has 0 saturated heterocycles. The van der Waals surface area contributed by atoms with Crippen LogP contribution in [-0.4, -0.2) is 19.6 Å². The van der Waals surface area contributed by atoms with E-state index in [0.29, 0.717) is 11.4 Å². The van der Waals surface area contributed by atoms with Crippen LogP contribution in [0.25, 0.3) is 72.7 Å². The number of rotatable bonds is 6. The molecule has 2 heterocycles. The zero-order valence-corrected chi connectivity index (χ0v) is 29.7. The van der Waals surface area contributed by atoms with E-state index < -0.39 is 6.85 Å². The Kier molecular flexibility index (Phi) is 7.44. The Hall–Kier alpha value is -6.26. The highest BCUT2D eigenvalue weighted by molar-refractivity contribution is 5.97. The molecule has 4 nitrogen and oxygen atoms in total. The maximum atomic E-state index is 11.3. The van der Waals surface area contributed by atoms with Gasteiger partial charge in [-0.25, -0.2) is 4.98 Å². The highest BCUT2D eigenvalue weighted by atomic mass is 16.3. The van der Waals surface area contributed by atoms with Crippen molar-refractivity contribution in [2.45, 2.75) is 40.0 Å². The van der Waals surface area contributed by atoms with Crippen molar-refractivity contribution in [1.82, 2.24) is 14.5 Å². The third-order valence-corrected chi connectivity index (χ3v) is 9.70. The summed E-state index contributed by atoms with van der Waals surface area (Å²) in [6.07, 6.45) is 1.87. The maximum Gasteiger partial charge on any atom is 0.149 e. The van der Waals surface area contributed by atoms with Crippen LogP contribution in [0.4, 0.5) is 0 Å². The lowest BCUT2D eigenvalue weighted by molar-refractivity contribution is 0.477. The third-order valence-electron chi connectivity index (χ3n) is 9.70. The molecule has 4 heteroatoms. The van der Waals surface area contributed by atoms with Crippen molar-refractivity contribution >= 4 is 11.0 Å². The number of hydrogen-bond acceptors (Lipinski definition) is 3. The van der Waals surface area contributed by atoms with Gasteiger partial charge >= 0.3 is 0 Å². The first-order chi connectivity index (χ1) is 26.3. The van der Waals surface area contributed by atoms with Gasteiger partial charge in [-0.05, 0) is 102 Å². The Morgan fingerprint density at radius 3 is 2.10 bits per heavy atom. The summed E-state index contributed by atoms with van der Waals surface area (Å²) in [6.45, 7) is 6.44. The standard InChI is InChI=1S/C48H41N3O/c1-31-18-21-33(22-19-31)35-24-25-49-42(30-35)37-27-36(28-38(29-37)48(3,4)5)39-15-11-16-44-46(39)50-47(40-14-9-10-17-45(40)52)51(44)43-23-20-32(2)26-41(43)34-12-7-6-8-13-34/h6-30,52H,1-5H3/i2D3. The van der Waals surface area contributed by atoms with Gasteiger partial charge in [0.2, 0.25) is 0 Å². The van der Waals surface area contributed by atoms with E-state index in [1.807, 2.05) is 77.5 Å². The van der Waals surface area contributed by atoms with E-state index in [-0.39, 0.29) is 16.7 Å². The number of aromatic nitrogens is 3. The lowest BCUT2D eigenvalue weighted by Gasteiger charge is -2.22. The van der Waals surface area contributed by atoms with Crippen LogP contribution in [0.1, 0.15) is 41.6 Å². The van der Waals surface area contributed by atoms with Crippen molar-refractivity contribution in [3.8, 4) is 67.5 Å². The quantitative estimate of drug-likeness (QED) is 0.190. The highest BCUT2D eigenvalue weighted by Crippen LogP contribution is 2.41. The van der Waals surface area contributed by atoms with Crippen LogP contribution in [0.15, 0.2) is 152 Å². The van der Waals surface area contributed by atoms with E-state index in [1.54, 1.807) is 24.3 Å². The predicted octanol–water partition coefficient (Wildman–Crippen LogP) is 12.4. The summed E-state index contributed by atoms with van der Waals surface area (Å²) in [5.74, 6) is 0.636. The number of hydrogen-bond donors (Lipinski definition) is 1. The van der Waals surface area contributed by atoms with Crippen LogP contribution in [0.3, 0.4) is 0 Å². The second kappa shape index (κ2) is 13.1. The van der Waals surface area contributed by atoms with Gasteiger partial charge in [0, 0.05) is 27.0 Å². The van der Waals surface area contributed by atoms with E-state index >= 15 is 0 Å². The minimum absolute atomic E-state index is 0.0949. The van der Waals surface area contributed by atoms with Gasteiger partial charge in [0.25, 0.3) is 0 Å². The Morgan fingerprint density at radius 1 is 0.596 bits per heavy atom. The molecule has 0 unspecified atom stereocenters. The number of aryl methyl sites for hydroxylation is 2. The third kappa shape index (κ3) is 6.18. The summed E-state index contributed by atoms with van der Waals surface area (Å²) >= 11 is 0. The number of phenols is 1. The molecule has 1 N–H and O–H groups in total. The first-order valence-corrected chi connectivity index (χ1v) is 17.5. The molecule has 6 aromatic carbocycles. The summed E-state index contributed by atoms with van der Waals surface area (Å²) in [4.78, 5) is 10.2. The largest absolute Gasteiger partial charge is 0.507 e. The fourth-order valence-electron chi connectivity index (χ4n) is 6.88. The molecule has 0 aliphatic rings. The average molecular weight is 679 g/mol. The van der Waals surface area contributed by atoms with E-state index in [4.69, 9.17) is 14.1 Å². The molecule has 8 rings (SSSR count). The van der Waals surface area contributed by atoms with Gasteiger partial charge in [0.1, 0.15) is 11.6 Å². The first kappa shape index (κ1) is 29.5. The zero-order chi connectivity index (χ0) is 38.5. The molecule has 0 aliphatic heterocycles. The average Bonchev–Trinajstić information content (AvgIpc) is 3.57. The van der Waals surface area contributed by atoms with Gasteiger partial charge in [0.15, 0.2) is 0 Å². The summed E-state index contributed by atoms with van der Waals surface area (Å²) in [6, 6.07) is 47.8. The van der Waals surface area contributed by atoms with Crippen molar-refractivity contribution in [2.75, 3.05) is 0 Å². The van der Waals surface area contributed by atoms with Crippen molar-refractivity contribution in [2.24, 2.45) is 0 Å². The summed E-state index contributed by atoms with van der Waals surface area (Å²) in [5, 5.41) is 11.3. The number of nitrogens with zero attached hydrogens (tertiary/aromatic N) is 3. The lowest BCUT2D eigenvalue weighted by Crippen LogP contribution is -2.11. The number of pyridine rings is 1. The van der Waals surface area contributed by atoms with E-state index in [9.17, 15) is 5.11 Å². The van der Waals surface area contributed by atoms with Crippen LogP contribution >= 0.6 is 0 Å². The lowest BCUT2D eigenvalue weighted by atomic mass is 9.83. The van der Waals surface area contributed by atoms with E-state index in [1.165, 1.54) is 5.56 Å². The summed E-state index contributed by atoms with van der Waals surface area (Å²) in [5.41, 5.74) is 13.0. The van der Waals surface area contributed by atoms with E-state index in [2.05, 4.69) is 82.3 Å². The SMILES string of the molecule is [2H]C([2H])([2H])c1ccc(-n2c(-c3ccccc3O)nc3c(-c4cc(-c5cc(-c6ccc(C)cc6)ccn5)cc(C(C)(C)C)c4)cccc32)c(-c2ccccc2)c1. The van der Waals surface area contributed by atoms with E-state index in [0.717, 1.165) is 66.9 Å². The fraction of sp³-hybridized carbons (Fsp3) is 0.125. The van der Waals surface area contributed by atoms with Crippen LogP contribution in [-0.2, 0) is 5.41 Å². The molecule has 2 aromatic heterocycles. The van der Waals surface area contributed by atoms with Crippen LogP contribution in [0.2, 0.25) is 0 Å². The van der Waals surface area contributed by atoms with Gasteiger partial charge < -0.3 is 5.11 Å². The Bertz CT molecular complexity index is 2690. The summed E-state index contributed by atoms with van der Waals surface area (Å²) < 4.78 is 26.7. The minimum atomic E-state index is -2.29. The van der Waals surface area contributed by atoms with Crippen molar-refractivity contribution in [1.29, 1.82) is 0 Å². The summed E-state index contributed by atoms with van der Waals surface area (Å²) in [7, 11) is 0. The van der Waals surface area contributed by atoms with Gasteiger partial charge in [-0.3, -0.25) is 9.55 Å². The van der Waals surface area contributed by atoms with Crippen LogP contribution in [0.5, 0.6) is 5.75 Å². The van der Waals surface area contributed by atoms with Gasteiger partial charge in [-0.15, -0.1) is 0 Å². The molecule has 254 valence electrons. The van der Waals surface area contributed by atoms with Crippen LogP contribution < -0.4 is 0 Å². The molecule has 0 atom stereocenters. The maximum absolute atomic E-state index is 11.3. The highest BCUT2D eigenvalue weighted by Gasteiger charge is 2.23. The molecular weight excluding hydrogens is 635 g/mol. The van der Waals surface area contributed by atoms with Gasteiger partial charge in [-0.1, -0.05) is 123 Å². The zero-order valence-electron chi connectivity index (χ0n) is 32.7. The number of phenolic OH excluding ortho intramolecular Hbond substituents is 1. The Balaban J connectivity index is 1.39. The molecule has 0 spiro atoms. The molecule has 0 radical (unpaired) electrons. The molecule has 0 amide bonds. The number of para-hydroxylation sites is 2. The smallest absolute Gasteiger partial charge is 0.149 e. The normalized spacial score (nSPS) is 12.7. The number of benzene rings is 6. The number of fused-ring (bicyclic) bond motifs is 1. The monoisotopic (exact) mass is 678 g/mol. The number of aromatic hydroxyl groups is 1. The second-order valence-electron chi connectivity index (χ2n) is 14.4. The molecule has 0 aliphatic carbocycles. The van der Waals surface area contributed by atoms with Crippen molar-refractivity contribution < 1.29 is 9.22 Å². The first-order valence-electron chi connectivity index (χ1n) is 19.0. The molecular formula is C48H41N3O. The minimum Gasteiger partial charge on any atom is -0.507 e. The van der Waals surface area contributed by atoms with Gasteiger partial charge in [-0.2, -0.15) is 0 Å². The van der Waals surface area contributed by atoms with Crippen molar-refractivity contribution in [3.05, 3.63) is 168 Å². The molecule has 52 heavy (non-hydrogen) atoms. The Labute approximate surface area is 310 Å². The van der Waals surface area contributed by atoms with Gasteiger partial charge in [0.05, 0.1) is 28.0 Å². The fourth-order valence-corrected chi connectivity index (χ4v) is 6.88. The molecule has 0 bridgehead atoms. The van der Waals surface area contributed by atoms with Crippen molar-refractivity contribution in [3.63, 3.8) is 0 Å².